The summed E-state index contributed by atoms with van der Waals surface area (Å²) in [6, 6.07) is -0.360. The van der Waals surface area contributed by atoms with Crippen molar-refractivity contribution in [2.45, 2.75) is 43.6 Å². The maximum Gasteiger partial charge on any atom is 0.240 e. The average molecular weight is 327 g/mol. The summed E-state index contributed by atoms with van der Waals surface area (Å²) in [7, 11) is 2.04. The van der Waals surface area contributed by atoms with Crippen molar-refractivity contribution in [2.24, 2.45) is 5.73 Å². The van der Waals surface area contributed by atoms with Crippen molar-refractivity contribution < 1.29 is 9.18 Å². The van der Waals surface area contributed by atoms with E-state index in [4.69, 9.17) is 5.73 Å². The van der Waals surface area contributed by atoms with Crippen LogP contribution in [0.1, 0.15) is 19.3 Å². The standard InChI is InChI=1S/C16H30FN5O/c1-20-5-3-2-4-14(20)16(23)22-8-6-21(7-9-22)15-12(17)10-19-11-13(15)18/h12-15,19H,2-11,18H2,1H3. The van der Waals surface area contributed by atoms with E-state index < -0.39 is 6.17 Å². The zero-order valence-corrected chi connectivity index (χ0v) is 14.1. The fraction of sp³-hybridized carbons (Fsp3) is 0.938. The molecule has 4 unspecified atom stereocenters. The largest absolute Gasteiger partial charge is 0.339 e. The van der Waals surface area contributed by atoms with E-state index in [1.807, 2.05) is 11.9 Å². The van der Waals surface area contributed by atoms with Crippen LogP contribution in [0.5, 0.6) is 0 Å². The number of nitrogens with one attached hydrogen (secondary N) is 1. The molecule has 4 atom stereocenters. The minimum Gasteiger partial charge on any atom is -0.339 e. The third kappa shape index (κ3) is 3.68. The van der Waals surface area contributed by atoms with Crippen LogP contribution < -0.4 is 11.1 Å². The number of hydrogen-bond donors (Lipinski definition) is 2. The second-order valence-electron chi connectivity index (χ2n) is 7.18. The molecule has 3 N–H and O–H groups in total. The van der Waals surface area contributed by atoms with Crippen LogP contribution in [0.25, 0.3) is 0 Å². The van der Waals surface area contributed by atoms with Crippen molar-refractivity contribution in [2.75, 3.05) is 52.9 Å². The molecule has 0 aromatic rings. The maximum absolute atomic E-state index is 14.2. The number of carbonyl (C=O) groups is 1. The number of piperidine rings is 2. The van der Waals surface area contributed by atoms with Gasteiger partial charge in [-0.3, -0.25) is 14.6 Å². The van der Waals surface area contributed by atoms with E-state index in [1.165, 1.54) is 6.42 Å². The van der Waals surface area contributed by atoms with Crippen molar-refractivity contribution in [3.05, 3.63) is 0 Å². The first-order valence-corrected chi connectivity index (χ1v) is 8.91. The molecule has 3 aliphatic rings. The summed E-state index contributed by atoms with van der Waals surface area (Å²) in [6.07, 6.45) is 2.35. The number of likely N-dealkylation sites (tertiary alicyclic amines) is 1. The van der Waals surface area contributed by atoms with Crippen LogP contribution >= 0.6 is 0 Å². The zero-order valence-electron chi connectivity index (χ0n) is 14.1. The molecule has 3 heterocycles. The number of piperazine rings is 1. The van der Waals surface area contributed by atoms with Gasteiger partial charge in [0.15, 0.2) is 0 Å². The van der Waals surface area contributed by atoms with Crippen LogP contribution in [0.3, 0.4) is 0 Å². The fourth-order valence-electron chi connectivity index (χ4n) is 4.24. The Morgan fingerprint density at radius 2 is 1.87 bits per heavy atom. The Morgan fingerprint density at radius 3 is 2.52 bits per heavy atom. The van der Waals surface area contributed by atoms with Gasteiger partial charge in [-0.1, -0.05) is 6.42 Å². The molecule has 3 fully saturated rings. The summed E-state index contributed by atoms with van der Waals surface area (Å²) in [5, 5.41) is 3.03. The predicted molar refractivity (Wildman–Crippen MR) is 88.0 cm³/mol. The van der Waals surface area contributed by atoms with Gasteiger partial charge in [-0.05, 0) is 26.4 Å². The predicted octanol–water partition coefficient (Wildman–Crippen LogP) is -0.748. The van der Waals surface area contributed by atoms with Gasteiger partial charge in [-0.2, -0.15) is 0 Å². The van der Waals surface area contributed by atoms with E-state index >= 15 is 0 Å². The Kier molecular flexibility index (Phi) is 5.51. The van der Waals surface area contributed by atoms with E-state index in [9.17, 15) is 9.18 Å². The van der Waals surface area contributed by atoms with Gasteiger partial charge in [-0.25, -0.2) is 4.39 Å². The zero-order chi connectivity index (χ0) is 16.4. The van der Waals surface area contributed by atoms with Gasteiger partial charge in [-0.15, -0.1) is 0 Å². The summed E-state index contributed by atoms with van der Waals surface area (Å²) in [4.78, 5) is 19.0. The number of alkyl halides is 1. The molecule has 23 heavy (non-hydrogen) atoms. The molecule has 6 nitrogen and oxygen atoms in total. The molecule has 0 radical (unpaired) electrons. The highest BCUT2D eigenvalue weighted by Crippen LogP contribution is 2.20. The highest BCUT2D eigenvalue weighted by molar-refractivity contribution is 5.82. The molecule has 0 spiro atoms. The molecule has 0 saturated carbocycles. The Labute approximate surface area is 138 Å². The average Bonchev–Trinajstić information content (AvgIpc) is 2.55. The first-order chi connectivity index (χ1) is 11.1. The number of nitrogens with zero attached hydrogens (tertiary/aromatic N) is 3. The fourth-order valence-corrected chi connectivity index (χ4v) is 4.24. The number of likely N-dealkylation sites (N-methyl/N-ethyl adjacent to an activating group) is 1. The van der Waals surface area contributed by atoms with Gasteiger partial charge in [0.1, 0.15) is 6.17 Å². The molecule has 3 saturated heterocycles. The molecular formula is C16H30FN5O. The topological polar surface area (TPSA) is 64.8 Å². The first-order valence-electron chi connectivity index (χ1n) is 8.91. The lowest BCUT2D eigenvalue weighted by atomic mass is 9.97. The van der Waals surface area contributed by atoms with E-state index in [0.717, 1.165) is 32.5 Å². The summed E-state index contributed by atoms with van der Waals surface area (Å²) in [5.41, 5.74) is 6.10. The summed E-state index contributed by atoms with van der Waals surface area (Å²) in [6.45, 7) is 4.87. The van der Waals surface area contributed by atoms with Crippen LogP contribution in [0, 0.1) is 0 Å². The Morgan fingerprint density at radius 1 is 1.13 bits per heavy atom. The lowest BCUT2D eigenvalue weighted by molar-refractivity contribution is -0.140. The highest BCUT2D eigenvalue weighted by Gasteiger charge is 2.38. The van der Waals surface area contributed by atoms with Crippen LogP contribution in [-0.4, -0.2) is 97.8 Å². The lowest BCUT2D eigenvalue weighted by Crippen LogP contribution is -2.66. The quantitative estimate of drug-likeness (QED) is 0.699. The normalized spacial score (nSPS) is 37.8. The van der Waals surface area contributed by atoms with Crippen LogP contribution in [0.2, 0.25) is 0 Å². The van der Waals surface area contributed by atoms with E-state index in [1.54, 1.807) is 0 Å². The number of nitrogens with two attached hydrogens (primary N) is 1. The third-order valence-corrected chi connectivity index (χ3v) is 5.63. The van der Waals surface area contributed by atoms with Gasteiger partial charge in [0.25, 0.3) is 0 Å². The summed E-state index contributed by atoms with van der Waals surface area (Å²) >= 11 is 0. The second kappa shape index (κ2) is 7.42. The number of halogens is 1. The molecule has 0 aromatic heterocycles. The second-order valence-corrected chi connectivity index (χ2v) is 7.18. The van der Waals surface area contributed by atoms with Gasteiger partial charge in [0, 0.05) is 45.3 Å². The van der Waals surface area contributed by atoms with Crippen molar-refractivity contribution in [1.29, 1.82) is 0 Å². The van der Waals surface area contributed by atoms with Gasteiger partial charge < -0.3 is 16.0 Å². The highest BCUT2D eigenvalue weighted by atomic mass is 19.1. The molecule has 132 valence electrons. The van der Waals surface area contributed by atoms with E-state index in [2.05, 4.69) is 15.1 Å². The SMILES string of the molecule is CN1CCCCC1C(=O)N1CCN(C2C(N)CNCC2F)CC1. The molecule has 0 aliphatic carbocycles. The third-order valence-electron chi connectivity index (χ3n) is 5.63. The molecular weight excluding hydrogens is 297 g/mol. The smallest absolute Gasteiger partial charge is 0.240 e. The van der Waals surface area contributed by atoms with E-state index in [0.29, 0.717) is 26.2 Å². The molecule has 1 amide bonds. The molecule has 3 aliphatic heterocycles. The maximum atomic E-state index is 14.2. The van der Waals surface area contributed by atoms with Gasteiger partial charge >= 0.3 is 0 Å². The van der Waals surface area contributed by atoms with Gasteiger partial charge in [0.05, 0.1) is 12.1 Å². The minimum absolute atomic E-state index is 0.0327. The molecule has 3 rings (SSSR count). The first kappa shape index (κ1) is 17.1. The number of hydrogen-bond acceptors (Lipinski definition) is 5. The number of carbonyl (C=O) groups excluding carboxylic acids is 1. The molecule has 7 heteroatoms. The molecule has 0 aromatic carbocycles. The molecule has 0 bridgehead atoms. The Bertz CT molecular complexity index is 405. The van der Waals surface area contributed by atoms with Crippen LogP contribution in [-0.2, 0) is 4.79 Å². The number of rotatable bonds is 2. The minimum atomic E-state index is -0.925. The van der Waals surface area contributed by atoms with Crippen molar-refractivity contribution in [1.82, 2.24) is 20.0 Å². The van der Waals surface area contributed by atoms with Crippen LogP contribution in [0.15, 0.2) is 0 Å². The Hall–Kier alpha value is -0.760. The summed E-state index contributed by atoms with van der Waals surface area (Å²) in [5.74, 6) is 0.248. The van der Waals surface area contributed by atoms with Crippen molar-refractivity contribution in [3.8, 4) is 0 Å². The van der Waals surface area contributed by atoms with Crippen molar-refractivity contribution >= 4 is 5.91 Å². The monoisotopic (exact) mass is 327 g/mol. The number of amides is 1. The van der Waals surface area contributed by atoms with Crippen molar-refractivity contribution in [3.63, 3.8) is 0 Å². The van der Waals surface area contributed by atoms with E-state index in [-0.39, 0.29) is 24.0 Å². The van der Waals surface area contributed by atoms with Gasteiger partial charge in [0.2, 0.25) is 5.91 Å². The van der Waals surface area contributed by atoms with Crippen LogP contribution in [0.4, 0.5) is 4.39 Å². The summed E-state index contributed by atoms with van der Waals surface area (Å²) < 4.78 is 14.2. The lowest BCUT2D eigenvalue weighted by Gasteiger charge is -2.45. The Balaban J connectivity index is 1.54.